The molecule has 0 saturated carbocycles. The third kappa shape index (κ3) is 2.87. The lowest BCUT2D eigenvalue weighted by Crippen LogP contribution is -2.35. The van der Waals surface area contributed by atoms with Crippen LogP contribution in [0.25, 0.3) is 0 Å². The molecule has 7 heteroatoms. The molecule has 0 aromatic heterocycles. The number of aryl methyl sites for hydroxylation is 1. The van der Waals surface area contributed by atoms with Crippen molar-refractivity contribution in [3.63, 3.8) is 0 Å². The number of cyclic esters (lactones) is 1. The first-order chi connectivity index (χ1) is 9.49. The van der Waals surface area contributed by atoms with Crippen molar-refractivity contribution < 1.29 is 29.0 Å². The number of nitrogens with zero attached hydrogens (tertiary/aromatic N) is 1. The number of carboxylic acids is 1. The summed E-state index contributed by atoms with van der Waals surface area (Å²) in [5.74, 6) is -1.30. The van der Waals surface area contributed by atoms with E-state index in [0.717, 1.165) is 4.90 Å². The van der Waals surface area contributed by atoms with Crippen LogP contribution in [-0.2, 0) is 9.53 Å². The van der Waals surface area contributed by atoms with Crippen LogP contribution in [0.15, 0.2) is 18.2 Å². The van der Waals surface area contributed by atoms with Crippen molar-refractivity contribution in [1.82, 2.24) is 4.90 Å². The van der Waals surface area contributed by atoms with Crippen LogP contribution in [0.4, 0.5) is 4.79 Å². The highest BCUT2D eigenvalue weighted by Crippen LogP contribution is 2.20. The predicted molar refractivity (Wildman–Crippen MR) is 66.7 cm³/mol. The van der Waals surface area contributed by atoms with Gasteiger partial charge in [0, 0.05) is 0 Å². The Kier molecular flexibility index (Phi) is 3.88. The second-order valence-electron chi connectivity index (χ2n) is 4.23. The fourth-order valence-electron chi connectivity index (χ4n) is 1.73. The summed E-state index contributed by atoms with van der Waals surface area (Å²) in [5.41, 5.74) is 0.769. The third-order valence-electron chi connectivity index (χ3n) is 2.85. The van der Waals surface area contributed by atoms with E-state index in [0.29, 0.717) is 11.3 Å². The van der Waals surface area contributed by atoms with E-state index in [-0.39, 0.29) is 25.3 Å². The van der Waals surface area contributed by atoms with Gasteiger partial charge in [0.2, 0.25) is 0 Å². The Hall–Kier alpha value is -2.57. The lowest BCUT2D eigenvalue weighted by Gasteiger charge is -2.13. The highest BCUT2D eigenvalue weighted by atomic mass is 16.6. The number of carbonyl (C=O) groups is 3. The van der Waals surface area contributed by atoms with Crippen LogP contribution in [0.1, 0.15) is 15.9 Å². The zero-order chi connectivity index (χ0) is 14.7. The van der Waals surface area contributed by atoms with Gasteiger partial charge in [-0.3, -0.25) is 4.79 Å². The molecule has 1 fully saturated rings. The van der Waals surface area contributed by atoms with Gasteiger partial charge in [-0.25, -0.2) is 14.5 Å². The van der Waals surface area contributed by atoms with Crippen LogP contribution < -0.4 is 4.74 Å². The average Bonchev–Trinajstić information content (AvgIpc) is 2.83. The minimum atomic E-state index is -1.08. The molecule has 1 aliphatic rings. The molecular weight excluding hydrogens is 266 g/mol. The summed E-state index contributed by atoms with van der Waals surface area (Å²) in [6.45, 7) is 1.77. The van der Waals surface area contributed by atoms with E-state index in [1.807, 2.05) is 0 Å². The van der Waals surface area contributed by atoms with Crippen LogP contribution in [0.5, 0.6) is 5.75 Å². The average molecular weight is 279 g/mol. The maximum Gasteiger partial charge on any atom is 0.416 e. The van der Waals surface area contributed by atoms with Gasteiger partial charge in [0.15, 0.2) is 6.61 Å². The molecule has 1 N–H and O–H groups in total. The number of aromatic carboxylic acids is 1. The van der Waals surface area contributed by atoms with Crippen molar-refractivity contribution in [2.45, 2.75) is 6.92 Å². The number of imide groups is 1. The maximum absolute atomic E-state index is 11.7. The summed E-state index contributed by atoms with van der Waals surface area (Å²) in [6, 6.07) is 4.38. The zero-order valence-corrected chi connectivity index (χ0v) is 10.8. The van der Waals surface area contributed by atoms with Crippen molar-refractivity contribution >= 4 is 18.0 Å². The van der Waals surface area contributed by atoms with E-state index in [1.165, 1.54) is 12.1 Å². The first-order valence-electron chi connectivity index (χ1n) is 5.93. The minimum absolute atomic E-state index is 0.0682. The van der Waals surface area contributed by atoms with Crippen molar-refractivity contribution in [1.29, 1.82) is 0 Å². The molecule has 0 spiro atoms. The van der Waals surface area contributed by atoms with E-state index >= 15 is 0 Å². The number of benzene rings is 1. The number of hydrogen-bond donors (Lipinski definition) is 1. The Morgan fingerprint density at radius 3 is 2.80 bits per heavy atom. The molecule has 1 saturated heterocycles. The van der Waals surface area contributed by atoms with Crippen LogP contribution in [0.3, 0.4) is 0 Å². The van der Waals surface area contributed by atoms with Gasteiger partial charge < -0.3 is 14.6 Å². The fourth-order valence-corrected chi connectivity index (χ4v) is 1.73. The molecule has 2 amide bonds. The zero-order valence-electron chi connectivity index (χ0n) is 10.8. The first kappa shape index (κ1) is 13.9. The molecule has 0 aliphatic carbocycles. The van der Waals surface area contributed by atoms with Crippen LogP contribution >= 0.6 is 0 Å². The molecule has 0 radical (unpaired) electrons. The second-order valence-corrected chi connectivity index (χ2v) is 4.23. The minimum Gasteiger partial charge on any atom is -0.483 e. The Morgan fingerprint density at radius 1 is 1.45 bits per heavy atom. The van der Waals surface area contributed by atoms with E-state index in [9.17, 15) is 14.4 Å². The quantitative estimate of drug-likeness (QED) is 0.885. The molecule has 0 bridgehead atoms. The maximum atomic E-state index is 11.7. The summed E-state index contributed by atoms with van der Waals surface area (Å²) in [4.78, 5) is 34.7. The summed E-state index contributed by atoms with van der Waals surface area (Å²) >= 11 is 0. The van der Waals surface area contributed by atoms with Crippen LogP contribution in [0, 0.1) is 6.92 Å². The molecule has 0 atom stereocenters. The lowest BCUT2D eigenvalue weighted by molar-refractivity contribution is -0.129. The standard InChI is InChI=1S/C13H13NO6/c1-8-2-3-9(12(16)17)6-10(8)20-7-11(15)14-4-5-19-13(14)18/h2-3,6H,4-5,7H2,1H3,(H,16,17). The Labute approximate surface area is 114 Å². The summed E-state index contributed by atoms with van der Waals surface area (Å²) < 4.78 is 9.93. The monoisotopic (exact) mass is 279 g/mol. The van der Waals surface area contributed by atoms with Gasteiger partial charge in [0.1, 0.15) is 12.4 Å². The van der Waals surface area contributed by atoms with E-state index < -0.39 is 18.0 Å². The van der Waals surface area contributed by atoms with E-state index in [1.54, 1.807) is 13.0 Å². The molecule has 1 heterocycles. The van der Waals surface area contributed by atoms with Gasteiger partial charge >= 0.3 is 12.1 Å². The van der Waals surface area contributed by atoms with Crippen molar-refractivity contribution in [2.24, 2.45) is 0 Å². The van der Waals surface area contributed by atoms with Gasteiger partial charge in [0.25, 0.3) is 5.91 Å². The van der Waals surface area contributed by atoms with Crippen molar-refractivity contribution in [2.75, 3.05) is 19.8 Å². The number of rotatable bonds is 4. The number of carbonyl (C=O) groups excluding carboxylic acids is 2. The smallest absolute Gasteiger partial charge is 0.416 e. The lowest BCUT2D eigenvalue weighted by atomic mass is 10.1. The second kappa shape index (κ2) is 5.60. The van der Waals surface area contributed by atoms with E-state index in [4.69, 9.17) is 9.84 Å². The van der Waals surface area contributed by atoms with Gasteiger partial charge in [-0.2, -0.15) is 0 Å². The molecule has 7 nitrogen and oxygen atoms in total. The van der Waals surface area contributed by atoms with Gasteiger partial charge in [-0.1, -0.05) is 6.07 Å². The normalized spacial score (nSPS) is 14.1. The first-order valence-corrected chi connectivity index (χ1v) is 5.93. The van der Waals surface area contributed by atoms with Gasteiger partial charge in [0.05, 0.1) is 12.1 Å². The number of ether oxygens (including phenoxy) is 2. The largest absolute Gasteiger partial charge is 0.483 e. The highest BCUT2D eigenvalue weighted by Gasteiger charge is 2.28. The molecule has 106 valence electrons. The summed E-state index contributed by atoms with van der Waals surface area (Å²) in [7, 11) is 0. The van der Waals surface area contributed by atoms with Crippen molar-refractivity contribution in [3.8, 4) is 5.75 Å². The summed E-state index contributed by atoms with van der Waals surface area (Å²) in [6.07, 6.45) is -0.686. The molecule has 1 aliphatic heterocycles. The Bertz CT molecular complexity index is 568. The summed E-state index contributed by atoms with van der Waals surface area (Å²) in [5, 5.41) is 8.89. The SMILES string of the molecule is Cc1ccc(C(=O)O)cc1OCC(=O)N1CCOC1=O. The Morgan fingerprint density at radius 2 is 2.20 bits per heavy atom. The molecular formula is C13H13NO6. The molecule has 1 aromatic carbocycles. The van der Waals surface area contributed by atoms with Gasteiger partial charge in [-0.15, -0.1) is 0 Å². The number of amides is 2. The number of carboxylic acid groups (broad SMARTS) is 1. The predicted octanol–water partition coefficient (Wildman–Crippen LogP) is 1.05. The molecule has 1 aromatic rings. The van der Waals surface area contributed by atoms with E-state index in [2.05, 4.69) is 4.74 Å². The van der Waals surface area contributed by atoms with Crippen LogP contribution in [-0.4, -0.2) is 47.7 Å². The Balaban J connectivity index is 2.03. The molecule has 2 rings (SSSR count). The molecule has 20 heavy (non-hydrogen) atoms. The van der Waals surface area contributed by atoms with Gasteiger partial charge in [-0.05, 0) is 24.6 Å². The topological polar surface area (TPSA) is 93.1 Å². The number of hydrogen-bond acceptors (Lipinski definition) is 5. The fraction of sp³-hybridized carbons (Fsp3) is 0.308. The van der Waals surface area contributed by atoms with Crippen molar-refractivity contribution in [3.05, 3.63) is 29.3 Å². The highest BCUT2D eigenvalue weighted by molar-refractivity contribution is 5.93. The third-order valence-corrected chi connectivity index (χ3v) is 2.85. The van der Waals surface area contributed by atoms with Crippen LogP contribution in [0.2, 0.25) is 0 Å². The molecule has 0 unspecified atom stereocenters.